The lowest BCUT2D eigenvalue weighted by Crippen LogP contribution is -2.56. The molecule has 3 amide bonds. The van der Waals surface area contributed by atoms with E-state index in [4.69, 9.17) is 9.47 Å². The van der Waals surface area contributed by atoms with Crippen LogP contribution in [-0.4, -0.2) is 125 Å². The molecule has 3 saturated heterocycles. The highest BCUT2D eigenvalue weighted by atomic mass is 16.5. The van der Waals surface area contributed by atoms with Crippen LogP contribution in [0.15, 0.2) is 54.6 Å². The first kappa shape index (κ1) is 30.0. The highest BCUT2D eigenvalue weighted by molar-refractivity contribution is 6.00. The summed E-state index contributed by atoms with van der Waals surface area (Å²) in [4.78, 5) is 50.9. The fourth-order valence-electron chi connectivity index (χ4n) is 7.66. The number of carbonyl (C=O) groups is 3. The van der Waals surface area contributed by atoms with Crippen LogP contribution in [0.2, 0.25) is 0 Å². The Kier molecular flexibility index (Phi) is 8.73. The van der Waals surface area contributed by atoms with Gasteiger partial charge in [-0.05, 0) is 31.7 Å². The Morgan fingerprint density at radius 2 is 1.58 bits per heavy atom. The number of unbranched alkanes of at least 4 members (excludes halogenated alkanes) is 2. The molecule has 5 aliphatic heterocycles. The number of fused-ring (bicyclic) bond motifs is 2. The number of benzene rings is 1. The molecule has 232 valence electrons. The number of rotatable bonds is 10. The largest absolute Gasteiger partial charge is 0.396 e. The molecule has 43 heavy (non-hydrogen) atoms. The van der Waals surface area contributed by atoms with Gasteiger partial charge in [-0.25, -0.2) is 0 Å². The lowest BCUT2D eigenvalue weighted by atomic mass is 9.74. The van der Waals surface area contributed by atoms with Crippen LogP contribution < -0.4 is 0 Å². The number of morpholine rings is 1. The second-order valence-electron chi connectivity index (χ2n) is 12.6. The van der Waals surface area contributed by atoms with Crippen LogP contribution in [0, 0.1) is 11.8 Å². The quantitative estimate of drug-likeness (QED) is 0.324. The van der Waals surface area contributed by atoms with Gasteiger partial charge in [-0.3, -0.25) is 19.3 Å². The van der Waals surface area contributed by atoms with Gasteiger partial charge in [0.25, 0.3) is 0 Å². The lowest BCUT2D eigenvalue weighted by Gasteiger charge is -2.38. The molecule has 0 saturated carbocycles. The van der Waals surface area contributed by atoms with Crippen molar-refractivity contribution in [3.63, 3.8) is 0 Å². The van der Waals surface area contributed by atoms with Crippen molar-refractivity contribution in [3.05, 3.63) is 60.2 Å². The third-order valence-electron chi connectivity index (χ3n) is 9.79. The number of ether oxygens (including phenoxy) is 2. The second-order valence-corrected chi connectivity index (χ2v) is 12.6. The average Bonchev–Trinajstić information content (AvgIpc) is 3.28. The third kappa shape index (κ3) is 5.54. The van der Waals surface area contributed by atoms with Gasteiger partial charge in [0.1, 0.15) is 11.6 Å². The fourth-order valence-corrected chi connectivity index (χ4v) is 7.66. The van der Waals surface area contributed by atoms with Crippen LogP contribution >= 0.6 is 0 Å². The first-order chi connectivity index (χ1) is 20.9. The van der Waals surface area contributed by atoms with Crippen LogP contribution in [-0.2, 0) is 30.4 Å². The Morgan fingerprint density at radius 3 is 2.35 bits per heavy atom. The Hall–Kier alpha value is -3.05. The zero-order valence-corrected chi connectivity index (χ0v) is 25.1. The topological polar surface area (TPSA) is 103 Å². The molecule has 1 unspecified atom stereocenters. The molecule has 5 atom stereocenters. The molecule has 0 aliphatic carbocycles. The van der Waals surface area contributed by atoms with E-state index < -0.39 is 29.1 Å². The molecule has 6 rings (SSSR count). The zero-order valence-electron chi connectivity index (χ0n) is 25.1. The summed E-state index contributed by atoms with van der Waals surface area (Å²) in [5.74, 6) is -2.02. The van der Waals surface area contributed by atoms with Gasteiger partial charge in [-0.15, -0.1) is 0 Å². The predicted octanol–water partition coefficient (Wildman–Crippen LogP) is 1.45. The molecular weight excluding hydrogens is 548 g/mol. The van der Waals surface area contributed by atoms with Gasteiger partial charge in [-0.1, -0.05) is 54.6 Å². The van der Waals surface area contributed by atoms with Crippen molar-refractivity contribution in [3.8, 4) is 0 Å². The second kappa shape index (κ2) is 12.5. The Balaban J connectivity index is 1.32. The van der Waals surface area contributed by atoms with Crippen molar-refractivity contribution in [2.45, 2.75) is 50.0 Å². The summed E-state index contributed by atoms with van der Waals surface area (Å²) in [6, 6.07) is 9.00. The third-order valence-corrected chi connectivity index (χ3v) is 9.79. The van der Waals surface area contributed by atoms with Crippen LogP contribution in [0.5, 0.6) is 0 Å². The number of nitrogens with zero attached hydrogens (tertiary/aromatic N) is 4. The van der Waals surface area contributed by atoms with E-state index in [1.54, 1.807) is 9.80 Å². The first-order valence-electron chi connectivity index (χ1n) is 15.8. The van der Waals surface area contributed by atoms with Gasteiger partial charge < -0.3 is 29.3 Å². The molecule has 5 heterocycles. The number of likely N-dealkylation sites (tertiary alicyclic amines) is 1. The molecule has 1 spiro atoms. The molecule has 10 nitrogen and oxygen atoms in total. The normalized spacial score (nSPS) is 32.6. The molecule has 1 N–H and O–H groups in total. The van der Waals surface area contributed by atoms with E-state index in [0.29, 0.717) is 58.8 Å². The van der Waals surface area contributed by atoms with E-state index in [1.165, 1.54) is 0 Å². The first-order valence-corrected chi connectivity index (χ1v) is 15.8. The van der Waals surface area contributed by atoms with Crippen LogP contribution in [0.4, 0.5) is 0 Å². The fraction of sp³-hybridized carbons (Fsp3) is 0.606. The predicted molar refractivity (Wildman–Crippen MR) is 160 cm³/mol. The van der Waals surface area contributed by atoms with E-state index in [0.717, 1.165) is 31.6 Å². The van der Waals surface area contributed by atoms with E-state index >= 15 is 0 Å². The van der Waals surface area contributed by atoms with Crippen molar-refractivity contribution in [1.29, 1.82) is 0 Å². The molecule has 5 aliphatic rings. The van der Waals surface area contributed by atoms with Crippen molar-refractivity contribution >= 4 is 17.7 Å². The van der Waals surface area contributed by atoms with Crippen molar-refractivity contribution in [1.82, 2.24) is 19.6 Å². The standard InChI is InChI=1S/C33H44N4O6/c1-32-12-8-15-36(24-25-10-4-2-5-11-25)29(39)26(32)27-30(40)37(16-6-3-7-21-38)28-31(41)35(14-9-13-33(27,28)43-32)18-17-34-19-22-42-23-20-34/h2,4-5,8-13,26-28,38H,3,6-7,14-24H2,1H3/t26-,27+,28?,32+,33+/m1/s1. The maximum Gasteiger partial charge on any atom is 0.249 e. The van der Waals surface area contributed by atoms with Gasteiger partial charge in [0.15, 0.2) is 0 Å². The molecule has 0 aromatic heterocycles. The Labute approximate surface area is 253 Å². The highest BCUT2D eigenvalue weighted by Crippen LogP contribution is 2.57. The minimum absolute atomic E-state index is 0.0859. The number of carbonyl (C=O) groups excluding carboxylic acids is 3. The molecule has 10 heteroatoms. The zero-order chi connectivity index (χ0) is 30.0. The maximum atomic E-state index is 14.5. The average molecular weight is 593 g/mol. The summed E-state index contributed by atoms with van der Waals surface area (Å²) >= 11 is 0. The van der Waals surface area contributed by atoms with Crippen LogP contribution in [0.3, 0.4) is 0 Å². The SMILES string of the molecule is C[C@]12C=CCN(Cc3ccccc3)C(=O)[C@H]1[C@H]1C(=O)N(CCCCCO)C3C(=O)N(CCN4CCOCC4)CC=C[C@@]31O2. The maximum absolute atomic E-state index is 14.5. The number of aliphatic hydroxyl groups is 1. The number of hydrogen-bond donors (Lipinski definition) is 1. The summed E-state index contributed by atoms with van der Waals surface area (Å²) in [5, 5.41) is 9.32. The van der Waals surface area contributed by atoms with E-state index in [2.05, 4.69) is 4.90 Å². The van der Waals surface area contributed by atoms with Crippen LogP contribution in [0.1, 0.15) is 31.7 Å². The van der Waals surface area contributed by atoms with E-state index in [-0.39, 0.29) is 24.3 Å². The van der Waals surface area contributed by atoms with Gasteiger partial charge in [0.2, 0.25) is 17.7 Å². The molecular formula is C33H44N4O6. The summed E-state index contributed by atoms with van der Waals surface area (Å²) < 4.78 is 12.4. The van der Waals surface area contributed by atoms with Gasteiger partial charge >= 0.3 is 0 Å². The van der Waals surface area contributed by atoms with Gasteiger partial charge in [0, 0.05) is 59.0 Å². The van der Waals surface area contributed by atoms with Crippen molar-refractivity contribution in [2.24, 2.45) is 11.8 Å². The summed E-state index contributed by atoms with van der Waals surface area (Å²) in [7, 11) is 0. The number of aliphatic hydroxyl groups excluding tert-OH is 1. The van der Waals surface area contributed by atoms with Crippen molar-refractivity contribution < 1.29 is 29.0 Å². The number of hydrogen-bond acceptors (Lipinski definition) is 7. The Morgan fingerprint density at radius 1 is 0.837 bits per heavy atom. The number of amides is 3. The van der Waals surface area contributed by atoms with Crippen LogP contribution in [0.25, 0.3) is 0 Å². The van der Waals surface area contributed by atoms with Gasteiger partial charge in [-0.2, -0.15) is 0 Å². The van der Waals surface area contributed by atoms with Crippen molar-refractivity contribution in [2.75, 3.05) is 65.6 Å². The summed E-state index contributed by atoms with van der Waals surface area (Å²) in [6.07, 6.45) is 9.80. The molecule has 3 fully saturated rings. The monoisotopic (exact) mass is 592 g/mol. The minimum Gasteiger partial charge on any atom is -0.396 e. The smallest absolute Gasteiger partial charge is 0.249 e. The molecule has 1 aromatic carbocycles. The van der Waals surface area contributed by atoms with E-state index in [1.807, 2.05) is 66.5 Å². The Bertz CT molecular complexity index is 1250. The summed E-state index contributed by atoms with van der Waals surface area (Å²) in [6.45, 7) is 7.95. The minimum atomic E-state index is -1.24. The lowest BCUT2D eigenvalue weighted by molar-refractivity contribution is -0.153. The van der Waals surface area contributed by atoms with E-state index in [9.17, 15) is 19.5 Å². The molecule has 0 bridgehead atoms. The molecule has 1 aromatic rings. The van der Waals surface area contributed by atoms with Gasteiger partial charge in [0.05, 0.1) is 30.7 Å². The molecule has 0 radical (unpaired) electrons. The summed E-state index contributed by atoms with van der Waals surface area (Å²) in [5.41, 5.74) is -1.26. The highest BCUT2D eigenvalue weighted by Gasteiger charge is 2.74.